The molecule has 0 aliphatic carbocycles. The van der Waals surface area contributed by atoms with E-state index < -0.39 is 5.97 Å². The maximum atomic E-state index is 10.5. The number of hydrogen-bond acceptors (Lipinski definition) is 3. The van der Waals surface area contributed by atoms with E-state index in [0.29, 0.717) is 18.7 Å². The summed E-state index contributed by atoms with van der Waals surface area (Å²) >= 11 is 0. The van der Waals surface area contributed by atoms with Crippen LogP contribution in [0.15, 0.2) is 36.5 Å². The van der Waals surface area contributed by atoms with Crippen LogP contribution in [0.2, 0.25) is 0 Å². The van der Waals surface area contributed by atoms with Crippen LogP contribution in [0.25, 0.3) is 11.3 Å². The van der Waals surface area contributed by atoms with Crippen LogP contribution in [-0.2, 0) is 11.2 Å². The van der Waals surface area contributed by atoms with Gasteiger partial charge in [0.05, 0.1) is 5.69 Å². The molecule has 2 aromatic rings. The van der Waals surface area contributed by atoms with Gasteiger partial charge in [0.15, 0.2) is 0 Å². The molecule has 4 heteroatoms. The molecule has 0 spiro atoms. The molecule has 0 bridgehead atoms. The summed E-state index contributed by atoms with van der Waals surface area (Å²) < 4.78 is 0. The Morgan fingerprint density at radius 1 is 1.26 bits per heavy atom. The molecule has 0 aliphatic heterocycles. The van der Waals surface area contributed by atoms with E-state index in [1.807, 2.05) is 37.3 Å². The van der Waals surface area contributed by atoms with E-state index in [4.69, 9.17) is 5.11 Å². The standard InChI is InChI=1S/C15H16N2O2/c1-11-5-2-3-6-12(11)13-9-10-16-14(17-13)7-4-8-15(18)19/h2-3,5-6,9-10H,4,7-8H2,1H3,(H,18,19). The minimum atomic E-state index is -0.782. The van der Waals surface area contributed by atoms with E-state index in [1.54, 1.807) is 6.20 Å². The first-order valence-electron chi connectivity index (χ1n) is 6.26. The summed E-state index contributed by atoms with van der Waals surface area (Å²) in [6.07, 6.45) is 3.03. The number of nitrogens with zero attached hydrogens (tertiary/aromatic N) is 2. The number of carboxylic acids is 1. The summed E-state index contributed by atoms with van der Waals surface area (Å²) in [5.41, 5.74) is 3.14. The third-order valence-electron chi connectivity index (χ3n) is 2.92. The quantitative estimate of drug-likeness (QED) is 0.893. The van der Waals surface area contributed by atoms with E-state index >= 15 is 0 Å². The molecule has 0 saturated heterocycles. The molecular weight excluding hydrogens is 240 g/mol. The summed E-state index contributed by atoms with van der Waals surface area (Å²) in [6.45, 7) is 2.04. The van der Waals surface area contributed by atoms with Crippen molar-refractivity contribution in [2.24, 2.45) is 0 Å². The molecule has 0 fully saturated rings. The van der Waals surface area contributed by atoms with Gasteiger partial charge in [-0.1, -0.05) is 24.3 Å². The Hall–Kier alpha value is -2.23. The SMILES string of the molecule is Cc1ccccc1-c1ccnc(CCCC(=O)O)n1. The maximum absolute atomic E-state index is 10.5. The van der Waals surface area contributed by atoms with Crippen molar-refractivity contribution in [3.8, 4) is 11.3 Å². The van der Waals surface area contributed by atoms with Crippen LogP contribution in [0.4, 0.5) is 0 Å². The third-order valence-corrected chi connectivity index (χ3v) is 2.92. The van der Waals surface area contributed by atoms with Gasteiger partial charge < -0.3 is 5.11 Å². The summed E-state index contributed by atoms with van der Waals surface area (Å²) in [7, 11) is 0. The van der Waals surface area contributed by atoms with Crippen LogP contribution in [-0.4, -0.2) is 21.0 Å². The van der Waals surface area contributed by atoms with Crippen LogP contribution < -0.4 is 0 Å². The van der Waals surface area contributed by atoms with Gasteiger partial charge in [0.1, 0.15) is 5.82 Å². The third kappa shape index (κ3) is 3.61. The Bertz CT molecular complexity index is 582. The van der Waals surface area contributed by atoms with E-state index in [2.05, 4.69) is 9.97 Å². The van der Waals surface area contributed by atoms with Crippen LogP contribution in [0.5, 0.6) is 0 Å². The van der Waals surface area contributed by atoms with Gasteiger partial charge in [0, 0.05) is 24.6 Å². The van der Waals surface area contributed by atoms with Gasteiger partial charge in [0.2, 0.25) is 0 Å². The number of hydrogen-bond donors (Lipinski definition) is 1. The molecule has 1 aromatic carbocycles. The maximum Gasteiger partial charge on any atom is 0.303 e. The van der Waals surface area contributed by atoms with Crippen LogP contribution in [0, 0.1) is 6.92 Å². The second kappa shape index (κ2) is 6.09. The molecule has 1 N–H and O–H groups in total. The van der Waals surface area contributed by atoms with Crippen LogP contribution in [0.3, 0.4) is 0 Å². The molecule has 1 heterocycles. The van der Waals surface area contributed by atoms with Crippen molar-refractivity contribution < 1.29 is 9.90 Å². The highest BCUT2D eigenvalue weighted by Gasteiger charge is 2.05. The van der Waals surface area contributed by atoms with E-state index in [-0.39, 0.29) is 6.42 Å². The normalized spacial score (nSPS) is 10.4. The van der Waals surface area contributed by atoms with Crippen molar-refractivity contribution in [2.75, 3.05) is 0 Å². The number of benzene rings is 1. The second-order valence-corrected chi connectivity index (χ2v) is 4.42. The Labute approximate surface area is 112 Å². The average Bonchev–Trinajstić information content (AvgIpc) is 2.39. The van der Waals surface area contributed by atoms with Crippen molar-refractivity contribution >= 4 is 5.97 Å². The summed E-state index contributed by atoms with van der Waals surface area (Å²) in [6, 6.07) is 9.92. The Morgan fingerprint density at radius 3 is 2.79 bits per heavy atom. The topological polar surface area (TPSA) is 63.1 Å². The second-order valence-electron chi connectivity index (χ2n) is 4.42. The average molecular weight is 256 g/mol. The zero-order chi connectivity index (χ0) is 13.7. The number of carboxylic acid groups (broad SMARTS) is 1. The van der Waals surface area contributed by atoms with Crippen LogP contribution >= 0.6 is 0 Å². The molecule has 1 aromatic heterocycles. The summed E-state index contributed by atoms with van der Waals surface area (Å²) in [5.74, 6) is -0.0861. The molecule has 2 rings (SSSR count). The predicted molar refractivity (Wildman–Crippen MR) is 72.8 cm³/mol. The molecule has 0 amide bonds. The molecule has 0 atom stereocenters. The monoisotopic (exact) mass is 256 g/mol. The lowest BCUT2D eigenvalue weighted by Crippen LogP contribution is -2.00. The first kappa shape index (κ1) is 13.2. The molecule has 4 nitrogen and oxygen atoms in total. The number of aryl methyl sites for hydroxylation is 2. The van der Waals surface area contributed by atoms with E-state index in [0.717, 1.165) is 16.8 Å². The van der Waals surface area contributed by atoms with Crippen molar-refractivity contribution in [1.82, 2.24) is 9.97 Å². The first-order chi connectivity index (χ1) is 9.16. The minimum absolute atomic E-state index is 0.151. The van der Waals surface area contributed by atoms with E-state index in [1.165, 1.54) is 0 Å². The molecule has 0 unspecified atom stereocenters. The van der Waals surface area contributed by atoms with Crippen molar-refractivity contribution in [3.63, 3.8) is 0 Å². The van der Waals surface area contributed by atoms with Gasteiger partial charge in [-0.25, -0.2) is 9.97 Å². The van der Waals surface area contributed by atoms with Crippen molar-refractivity contribution in [3.05, 3.63) is 47.9 Å². The molecule has 98 valence electrons. The van der Waals surface area contributed by atoms with Gasteiger partial charge in [0.25, 0.3) is 0 Å². The first-order valence-corrected chi connectivity index (χ1v) is 6.26. The largest absolute Gasteiger partial charge is 0.481 e. The predicted octanol–water partition coefficient (Wildman–Crippen LogP) is 2.86. The minimum Gasteiger partial charge on any atom is -0.481 e. The molecule has 0 saturated carbocycles. The molecule has 19 heavy (non-hydrogen) atoms. The van der Waals surface area contributed by atoms with E-state index in [9.17, 15) is 4.79 Å². The van der Waals surface area contributed by atoms with Crippen LogP contribution in [0.1, 0.15) is 24.2 Å². The lowest BCUT2D eigenvalue weighted by atomic mass is 10.1. The summed E-state index contributed by atoms with van der Waals surface area (Å²) in [5, 5.41) is 8.62. The zero-order valence-corrected chi connectivity index (χ0v) is 10.8. The van der Waals surface area contributed by atoms with Gasteiger partial charge in [-0.15, -0.1) is 0 Å². The molecular formula is C15H16N2O2. The van der Waals surface area contributed by atoms with Gasteiger partial charge >= 0.3 is 5.97 Å². The Kier molecular flexibility index (Phi) is 4.23. The number of rotatable bonds is 5. The highest BCUT2D eigenvalue weighted by molar-refractivity contribution is 5.66. The summed E-state index contributed by atoms with van der Waals surface area (Å²) in [4.78, 5) is 19.2. The van der Waals surface area contributed by atoms with Gasteiger partial charge in [-0.2, -0.15) is 0 Å². The van der Waals surface area contributed by atoms with Gasteiger partial charge in [-0.05, 0) is 25.0 Å². The fourth-order valence-corrected chi connectivity index (χ4v) is 1.93. The Balaban J connectivity index is 2.15. The lowest BCUT2D eigenvalue weighted by molar-refractivity contribution is -0.137. The van der Waals surface area contributed by atoms with Crippen molar-refractivity contribution in [2.45, 2.75) is 26.2 Å². The molecule has 0 radical (unpaired) electrons. The highest BCUT2D eigenvalue weighted by atomic mass is 16.4. The zero-order valence-electron chi connectivity index (χ0n) is 10.8. The fraction of sp³-hybridized carbons (Fsp3) is 0.267. The number of aromatic nitrogens is 2. The Morgan fingerprint density at radius 2 is 2.05 bits per heavy atom. The lowest BCUT2D eigenvalue weighted by Gasteiger charge is -2.06. The fourth-order valence-electron chi connectivity index (χ4n) is 1.93. The van der Waals surface area contributed by atoms with Gasteiger partial charge in [-0.3, -0.25) is 4.79 Å². The molecule has 0 aliphatic rings. The number of carbonyl (C=O) groups is 1. The number of aliphatic carboxylic acids is 1. The highest BCUT2D eigenvalue weighted by Crippen LogP contribution is 2.20. The smallest absolute Gasteiger partial charge is 0.303 e. The van der Waals surface area contributed by atoms with Crippen molar-refractivity contribution in [1.29, 1.82) is 0 Å².